The van der Waals surface area contributed by atoms with Crippen LogP contribution in [-0.2, 0) is 9.47 Å². The Hall–Kier alpha value is -0.640. The first-order valence-electron chi connectivity index (χ1n) is 4.18. The fraction of sp³-hybridized carbons (Fsp3) is 0.600. The lowest BCUT2D eigenvalue weighted by molar-refractivity contribution is -0.0832. The summed E-state index contributed by atoms with van der Waals surface area (Å²) < 4.78 is 9.90. The molecule has 0 bridgehead atoms. The molecule has 0 heterocycles. The molecule has 0 saturated heterocycles. The van der Waals surface area contributed by atoms with Gasteiger partial charge in [-0.05, 0) is 13.8 Å². The van der Waals surface area contributed by atoms with Gasteiger partial charge in [0.05, 0.1) is 0 Å². The summed E-state index contributed by atoms with van der Waals surface area (Å²) in [5, 5.41) is 9.58. The highest BCUT2D eigenvalue weighted by Crippen LogP contribution is 2.05. The van der Waals surface area contributed by atoms with Crippen molar-refractivity contribution in [3.63, 3.8) is 0 Å². The SMILES string of the molecule is C=C[C@H](OCOC)[C@@H](O)C=C(C)C. The fourth-order valence-corrected chi connectivity index (χ4v) is 0.889. The Bertz CT molecular complexity index is 171. The van der Waals surface area contributed by atoms with Gasteiger partial charge in [-0.25, -0.2) is 0 Å². The molecular weight excluding hydrogens is 168 g/mol. The van der Waals surface area contributed by atoms with E-state index in [9.17, 15) is 5.11 Å². The molecule has 0 aromatic carbocycles. The zero-order valence-corrected chi connectivity index (χ0v) is 8.49. The summed E-state index contributed by atoms with van der Waals surface area (Å²) in [6, 6.07) is 0. The Morgan fingerprint density at radius 3 is 2.54 bits per heavy atom. The average Bonchev–Trinajstić information content (AvgIpc) is 2.04. The maximum absolute atomic E-state index is 9.58. The fourth-order valence-electron chi connectivity index (χ4n) is 0.889. The van der Waals surface area contributed by atoms with Gasteiger partial charge in [0.2, 0.25) is 0 Å². The van der Waals surface area contributed by atoms with E-state index in [1.54, 1.807) is 12.2 Å². The molecule has 3 nitrogen and oxygen atoms in total. The predicted molar refractivity (Wildman–Crippen MR) is 52.4 cm³/mol. The molecule has 0 aromatic heterocycles. The molecule has 0 aliphatic heterocycles. The van der Waals surface area contributed by atoms with Crippen LogP contribution in [0.5, 0.6) is 0 Å². The number of aliphatic hydroxyl groups excluding tert-OH is 1. The molecule has 0 aliphatic carbocycles. The minimum Gasteiger partial charge on any atom is -0.386 e. The third kappa shape index (κ3) is 5.58. The maximum Gasteiger partial charge on any atom is 0.147 e. The van der Waals surface area contributed by atoms with Crippen LogP contribution in [-0.4, -0.2) is 31.2 Å². The maximum atomic E-state index is 9.58. The number of hydrogen-bond donors (Lipinski definition) is 1. The van der Waals surface area contributed by atoms with Gasteiger partial charge in [0, 0.05) is 7.11 Å². The smallest absolute Gasteiger partial charge is 0.147 e. The van der Waals surface area contributed by atoms with Crippen LogP contribution in [0.15, 0.2) is 24.3 Å². The van der Waals surface area contributed by atoms with Crippen molar-refractivity contribution in [2.24, 2.45) is 0 Å². The number of rotatable bonds is 6. The van der Waals surface area contributed by atoms with Gasteiger partial charge < -0.3 is 14.6 Å². The van der Waals surface area contributed by atoms with E-state index in [0.29, 0.717) is 0 Å². The number of ether oxygens (including phenoxy) is 2. The molecule has 0 fully saturated rings. The van der Waals surface area contributed by atoms with Gasteiger partial charge in [-0.1, -0.05) is 17.7 Å². The van der Waals surface area contributed by atoms with Crippen molar-refractivity contribution in [3.05, 3.63) is 24.3 Å². The van der Waals surface area contributed by atoms with Crippen LogP contribution < -0.4 is 0 Å². The largest absolute Gasteiger partial charge is 0.386 e. The van der Waals surface area contributed by atoms with Gasteiger partial charge in [0.15, 0.2) is 0 Å². The van der Waals surface area contributed by atoms with Crippen molar-refractivity contribution < 1.29 is 14.6 Å². The second kappa shape index (κ2) is 6.83. The summed E-state index contributed by atoms with van der Waals surface area (Å²) in [4.78, 5) is 0. The van der Waals surface area contributed by atoms with Crippen molar-refractivity contribution in [3.8, 4) is 0 Å². The minimum atomic E-state index is -0.655. The Morgan fingerprint density at radius 1 is 1.54 bits per heavy atom. The second-order valence-electron chi connectivity index (χ2n) is 3.01. The minimum absolute atomic E-state index is 0.157. The summed E-state index contributed by atoms with van der Waals surface area (Å²) in [7, 11) is 1.54. The van der Waals surface area contributed by atoms with E-state index in [1.165, 1.54) is 7.11 Å². The molecule has 2 atom stereocenters. The van der Waals surface area contributed by atoms with Crippen LogP contribution in [0.3, 0.4) is 0 Å². The topological polar surface area (TPSA) is 38.7 Å². The molecule has 0 aromatic rings. The van der Waals surface area contributed by atoms with Crippen LogP contribution in [0.4, 0.5) is 0 Å². The van der Waals surface area contributed by atoms with Crippen LogP contribution >= 0.6 is 0 Å². The third-order valence-corrected chi connectivity index (χ3v) is 1.45. The van der Waals surface area contributed by atoms with E-state index in [-0.39, 0.29) is 6.79 Å². The average molecular weight is 186 g/mol. The lowest BCUT2D eigenvalue weighted by Gasteiger charge is -2.17. The highest BCUT2D eigenvalue weighted by atomic mass is 16.7. The second-order valence-corrected chi connectivity index (χ2v) is 3.01. The Labute approximate surface area is 79.7 Å². The van der Waals surface area contributed by atoms with Crippen molar-refractivity contribution in [2.75, 3.05) is 13.9 Å². The lowest BCUT2D eigenvalue weighted by atomic mass is 10.1. The lowest BCUT2D eigenvalue weighted by Crippen LogP contribution is -2.26. The van der Waals surface area contributed by atoms with Gasteiger partial charge in [-0.3, -0.25) is 0 Å². The predicted octanol–water partition coefficient (Wildman–Crippen LogP) is 1.49. The van der Waals surface area contributed by atoms with Gasteiger partial charge in [-0.2, -0.15) is 0 Å². The molecule has 0 radical (unpaired) electrons. The molecule has 0 amide bonds. The van der Waals surface area contributed by atoms with Gasteiger partial charge >= 0.3 is 0 Å². The third-order valence-electron chi connectivity index (χ3n) is 1.45. The van der Waals surface area contributed by atoms with Crippen LogP contribution in [0.1, 0.15) is 13.8 Å². The Morgan fingerprint density at radius 2 is 2.15 bits per heavy atom. The van der Waals surface area contributed by atoms with Crippen LogP contribution in [0.2, 0.25) is 0 Å². The van der Waals surface area contributed by atoms with Crippen LogP contribution in [0, 0.1) is 0 Å². The van der Waals surface area contributed by atoms with E-state index < -0.39 is 12.2 Å². The van der Waals surface area contributed by atoms with E-state index in [0.717, 1.165) is 5.57 Å². The monoisotopic (exact) mass is 186 g/mol. The summed E-state index contributed by atoms with van der Waals surface area (Å²) in [6.07, 6.45) is 2.22. The Kier molecular flexibility index (Phi) is 6.49. The molecule has 13 heavy (non-hydrogen) atoms. The first-order chi connectivity index (χ1) is 6.11. The molecule has 0 saturated carbocycles. The van der Waals surface area contributed by atoms with E-state index in [4.69, 9.17) is 9.47 Å². The number of methoxy groups -OCH3 is 1. The van der Waals surface area contributed by atoms with E-state index in [2.05, 4.69) is 6.58 Å². The number of aliphatic hydroxyl groups is 1. The number of allylic oxidation sites excluding steroid dienone is 1. The first kappa shape index (κ1) is 12.4. The summed E-state index contributed by atoms with van der Waals surface area (Å²) in [6.45, 7) is 7.56. The summed E-state index contributed by atoms with van der Waals surface area (Å²) in [5.41, 5.74) is 1.04. The summed E-state index contributed by atoms with van der Waals surface area (Å²) in [5.74, 6) is 0. The zero-order valence-electron chi connectivity index (χ0n) is 8.49. The molecule has 0 aliphatic rings. The van der Waals surface area contributed by atoms with Crippen molar-refractivity contribution in [1.82, 2.24) is 0 Å². The van der Waals surface area contributed by atoms with Gasteiger partial charge in [-0.15, -0.1) is 6.58 Å². The number of hydrogen-bond acceptors (Lipinski definition) is 3. The highest BCUT2D eigenvalue weighted by Gasteiger charge is 2.13. The standard InChI is InChI=1S/C10H18O3/c1-5-10(13-7-12-4)9(11)6-8(2)3/h5-6,9-11H,1,7H2,2-4H3/t9-,10-/m0/s1. The van der Waals surface area contributed by atoms with Crippen LogP contribution in [0.25, 0.3) is 0 Å². The normalized spacial score (nSPS) is 14.8. The molecule has 1 N–H and O–H groups in total. The molecule has 0 rings (SSSR count). The van der Waals surface area contributed by atoms with Crippen molar-refractivity contribution >= 4 is 0 Å². The molecule has 0 unspecified atom stereocenters. The summed E-state index contributed by atoms with van der Waals surface area (Å²) >= 11 is 0. The van der Waals surface area contributed by atoms with E-state index >= 15 is 0 Å². The zero-order chi connectivity index (χ0) is 10.3. The van der Waals surface area contributed by atoms with Crippen molar-refractivity contribution in [1.29, 1.82) is 0 Å². The van der Waals surface area contributed by atoms with Gasteiger partial charge in [0.25, 0.3) is 0 Å². The molecule has 76 valence electrons. The molecule has 3 heteroatoms. The molecule has 0 spiro atoms. The van der Waals surface area contributed by atoms with E-state index in [1.807, 2.05) is 13.8 Å². The quantitative estimate of drug-likeness (QED) is 0.504. The highest BCUT2D eigenvalue weighted by molar-refractivity contribution is 5.04. The Balaban J connectivity index is 4.06. The first-order valence-corrected chi connectivity index (χ1v) is 4.18. The van der Waals surface area contributed by atoms with Gasteiger partial charge in [0.1, 0.15) is 19.0 Å². The van der Waals surface area contributed by atoms with Crippen molar-refractivity contribution in [2.45, 2.75) is 26.1 Å². The molecular formula is C10H18O3.